The van der Waals surface area contributed by atoms with E-state index in [1.807, 2.05) is 53.4 Å². The Labute approximate surface area is 140 Å². The predicted molar refractivity (Wildman–Crippen MR) is 94.1 cm³/mol. The molecule has 0 spiro atoms. The molecule has 0 N–H and O–H groups in total. The zero-order valence-corrected chi connectivity index (χ0v) is 13.3. The third-order valence-electron chi connectivity index (χ3n) is 4.41. The van der Waals surface area contributed by atoms with Crippen LogP contribution in [-0.2, 0) is 0 Å². The Balaban J connectivity index is 1.47. The Morgan fingerprint density at radius 3 is 2.42 bits per heavy atom. The Bertz CT molecular complexity index is 857. The number of pyridine rings is 2. The number of fused-ring (bicyclic) bond motifs is 1. The molecule has 3 heterocycles. The van der Waals surface area contributed by atoms with E-state index in [2.05, 4.69) is 14.9 Å². The van der Waals surface area contributed by atoms with E-state index in [4.69, 9.17) is 0 Å². The molecule has 0 unspecified atom stereocenters. The molecular weight excluding hydrogens is 300 g/mol. The van der Waals surface area contributed by atoms with Crippen LogP contribution in [0, 0.1) is 0 Å². The number of rotatable bonds is 2. The Morgan fingerprint density at radius 1 is 0.875 bits per heavy atom. The Kier molecular flexibility index (Phi) is 3.83. The highest BCUT2D eigenvalue weighted by molar-refractivity contribution is 5.95. The minimum absolute atomic E-state index is 0.00938. The van der Waals surface area contributed by atoms with Crippen LogP contribution >= 0.6 is 0 Å². The van der Waals surface area contributed by atoms with Crippen molar-refractivity contribution in [2.24, 2.45) is 0 Å². The largest absolute Gasteiger partial charge is 0.368 e. The van der Waals surface area contributed by atoms with Crippen molar-refractivity contribution in [3.05, 3.63) is 66.6 Å². The van der Waals surface area contributed by atoms with Crippen molar-refractivity contribution in [1.82, 2.24) is 14.9 Å². The summed E-state index contributed by atoms with van der Waals surface area (Å²) in [5, 5.41) is 1.05. The maximum Gasteiger partial charge on any atom is 0.272 e. The van der Waals surface area contributed by atoms with Crippen LogP contribution in [0.2, 0.25) is 0 Å². The Morgan fingerprint density at radius 2 is 1.62 bits per heavy atom. The molecule has 5 nitrogen and oxygen atoms in total. The first kappa shape index (κ1) is 14.6. The fourth-order valence-electron chi connectivity index (χ4n) is 3.07. The zero-order valence-electron chi connectivity index (χ0n) is 13.3. The van der Waals surface area contributed by atoms with Crippen LogP contribution in [0.1, 0.15) is 10.5 Å². The number of aromatic nitrogens is 2. The van der Waals surface area contributed by atoms with Gasteiger partial charge in [-0.2, -0.15) is 0 Å². The summed E-state index contributed by atoms with van der Waals surface area (Å²) in [6.07, 6.45) is 3.59. The van der Waals surface area contributed by atoms with Crippen LogP contribution in [0.15, 0.2) is 60.9 Å². The number of amides is 1. The van der Waals surface area contributed by atoms with Crippen molar-refractivity contribution in [1.29, 1.82) is 0 Å². The van der Waals surface area contributed by atoms with Crippen LogP contribution in [-0.4, -0.2) is 47.0 Å². The van der Waals surface area contributed by atoms with Gasteiger partial charge in [-0.25, -0.2) is 4.98 Å². The number of carbonyl (C=O) groups excluding carboxylic acids is 1. The van der Waals surface area contributed by atoms with Gasteiger partial charge in [0.05, 0.1) is 5.52 Å². The smallest absolute Gasteiger partial charge is 0.272 e. The molecule has 0 aliphatic carbocycles. The molecule has 24 heavy (non-hydrogen) atoms. The van der Waals surface area contributed by atoms with Crippen molar-refractivity contribution in [3.63, 3.8) is 0 Å². The monoisotopic (exact) mass is 318 g/mol. The van der Waals surface area contributed by atoms with Gasteiger partial charge in [0, 0.05) is 49.6 Å². The number of benzene rings is 1. The standard InChI is InChI=1S/C19H18N4O/c24-19(18-6-5-15-3-1-2-4-17(15)21-18)23-13-11-22(12-14-23)16-7-9-20-10-8-16/h1-10H,11-14H2. The second-order valence-electron chi connectivity index (χ2n) is 5.87. The molecule has 1 fully saturated rings. The van der Waals surface area contributed by atoms with Gasteiger partial charge in [0.25, 0.3) is 5.91 Å². The zero-order chi connectivity index (χ0) is 16.4. The summed E-state index contributed by atoms with van der Waals surface area (Å²) in [5.41, 5.74) is 2.53. The number of para-hydroxylation sites is 1. The molecular formula is C19H18N4O. The van der Waals surface area contributed by atoms with Gasteiger partial charge >= 0.3 is 0 Å². The lowest BCUT2D eigenvalue weighted by atomic mass is 10.2. The molecule has 120 valence electrons. The maximum absolute atomic E-state index is 12.7. The fraction of sp³-hybridized carbons (Fsp3) is 0.211. The lowest BCUT2D eigenvalue weighted by Gasteiger charge is -2.35. The molecule has 0 radical (unpaired) electrons. The quantitative estimate of drug-likeness (QED) is 0.729. The third kappa shape index (κ3) is 2.80. The molecule has 0 saturated carbocycles. The van der Waals surface area contributed by atoms with Gasteiger partial charge in [-0.1, -0.05) is 24.3 Å². The predicted octanol–water partition coefficient (Wildman–Crippen LogP) is 2.59. The summed E-state index contributed by atoms with van der Waals surface area (Å²) in [5.74, 6) is 0.00938. The summed E-state index contributed by atoms with van der Waals surface area (Å²) >= 11 is 0. The van der Waals surface area contributed by atoms with Gasteiger partial charge in [-0.05, 0) is 24.3 Å². The molecule has 1 aromatic carbocycles. The first-order chi connectivity index (χ1) is 11.8. The minimum atomic E-state index is 0.00938. The molecule has 4 rings (SSSR count). The van der Waals surface area contributed by atoms with E-state index in [-0.39, 0.29) is 5.91 Å². The molecule has 3 aromatic rings. The second-order valence-corrected chi connectivity index (χ2v) is 5.87. The number of nitrogens with zero attached hydrogens (tertiary/aromatic N) is 4. The van der Waals surface area contributed by atoms with Gasteiger partial charge < -0.3 is 9.80 Å². The third-order valence-corrected chi connectivity index (χ3v) is 4.41. The molecule has 1 aliphatic rings. The van der Waals surface area contributed by atoms with E-state index in [0.717, 1.165) is 29.7 Å². The number of carbonyl (C=O) groups is 1. The van der Waals surface area contributed by atoms with Crippen LogP contribution in [0.3, 0.4) is 0 Å². The van der Waals surface area contributed by atoms with Gasteiger partial charge in [-0.3, -0.25) is 9.78 Å². The summed E-state index contributed by atoms with van der Waals surface area (Å²) < 4.78 is 0. The van der Waals surface area contributed by atoms with E-state index < -0.39 is 0 Å². The van der Waals surface area contributed by atoms with Crippen LogP contribution < -0.4 is 4.90 Å². The first-order valence-corrected chi connectivity index (χ1v) is 8.11. The van der Waals surface area contributed by atoms with Crippen molar-refractivity contribution >= 4 is 22.5 Å². The molecule has 0 atom stereocenters. The van der Waals surface area contributed by atoms with Crippen LogP contribution in [0.4, 0.5) is 5.69 Å². The maximum atomic E-state index is 12.7. The summed E-state index contributed by atoms with van der Waals surface area (Å²) in [7, 11) is 0. The number of piperazine rings is 1. The summed E-state index contributed by atoms with van der Waals surface area (Å²) in [6.45, 7) is 3.05. The minimum Gasteiger partial charge on any atom is -0.368 e. The highest BCUT2D eigenvalue weighted by Gasteiger charge is 2.23. The van der Waals surface area contributed by atoms with Gasteiger partial charge in [-0.15, -0.1) is 0 Å². The average Bonchev–Trinajstić information content (AvgIpc) is 2.68. The molecule has 1 amide bonds. The van der Waals surface area contributed by atoms with Gasteiger partial charge in [0.1, 0.15) is 5.69 Å². The highest BCUT2D eigenvalue weighted by atomic mass is 16.2. The van der Waals surface area contributed by atoms with E-state index in [1.165, 1.54) is 0 Å². The van der Waals surface area contributed by atoms with E-state index in [1.54, 1.807) is 12.4 Å². The molecule has 5 heteroatoms. The summed E-state index contributed by atoms with van der Waals surface area (Å²) in [6, 6.07) is 15.6. The van der Waals surface area contributed by atoms with Gasteiger partial charge in [0.2, 0.25) is 0 Å². The Hall–Kier alpha value is -2.95. The van der Waals surface area contributed by atoms with E-state index in [0.29, 0.717) is 18.8 Å². The SMILES string of the molecule is O=C(c1ccc2ccccc2n1)N1CCN(c2ccncc2)CC1. The first-order valence-electron chi connectivity index (χ1n) is 8.11. The fourth-order valence-corrected chi connectivity index (χ4v) is 3.07. The highest BCUT2D eigenvalue weighted by Crippen LogP contribution is 2.17. The van der Waals surface area contributed by atoms with Crippen LogP contribution in [0.5, 0.6) is 0 Å². The van der Waals surface area contributed by atoms with Crippen LogP contribution in [0.25, 0.3) is 10.9 Å². The molecule has 1 saturated heterocycles. The number of hydrogen-bond donors (Lipinski definition) is 0. The van der Waals surface area contributed by atoms with E-state index >= 15 is 0 Å². The lowest BCUT2D eigenvalue weighted by Crippen LogP contribution is -2.49. The van der Waals surface area contributed by atoms with Crippen molar-refractivity contribution in [3.8, 4) is 0 Å². The van der Waals surface area contributed by atoms with Crippen molar-refractivity contribution in [2.75, 3.05) is 31.1 Å². The lowest BCUT2D eigenvalue weighted by molar-refractivity contribution is 0.0741. The normalized spacial score (nSPS) is 14.8. The van der Waals surface area contributed by atoms with Gasteiger partial charge in [0.15, 0.2) is 0 Å². The topological polar surface area (TPSA) is 49.3 Å². The van der Waals surface area contributed by atoms with Crippen molar-refractivity contribution in [2.45, 2.75) is 0 Å². The average molecular weight is 318 g/mol. The van der Waals surface area contributed by atoms with Crippen molar-refractivity contribution < 1.29 is 4.79 Å². The second kappa shape index (κ2) is 6.28. The number of hydrogen-bond acceptors (Lipinski definition) is 4. The molecule has 1 aliphatic heterocycles. The number of anilines is 1. The molecule has 0 bridgehead atoms. The summed E-state index contributed by atoms with van der Waals surface area (Å²) in [4.78, 5) is 25.4. The molecule has 2 aromatic heterocycles. The van der Waals surface area contributed by atoms with E-state index in [9.17, 15) is 4.79 Å².